The van der Waals surface area contributed by atoms with Gasteiger partial charge < -0.3 is 4.90 Å². The highest BCUT2D eigenvalue weighted by Crippen LogP contribution is 2.16. The molecule has 1 amide bonds. The smallest absolute Gasteiger partial charge is 0.278 e. The highest BCUT2D eigenvalue weighted by Gasteiger charge is 2.15. The van der Waals surface area contributed by atoms with Gasteiger partial charge in [-0.1, -0.05) is 30.7 Å². The summed E-state index contributed by atoms with van der Waals surface area (Å²) in [7, 11) is 1.71. The zero-order valence-corrected chi connectivity index (χ0v) is 11.6. The summed E-state index contributed by atoms with van der Waals surface area (Å²) in [6, 6.07) is 7.85. The van der Waals surface area contributed by atoms with Gasteiger partial charge in [0.05, 0.1) is 12.4 Å². The second-order valence-electron chi connectivity index (χ2n) is 4.11. The van der Waals surface area contributed by atoms with Gasteiger partial charge in [0.15, 0.2) is 0 Å². The molecule has 0 spiro atoms. The molecule has 0 atom stereocenters. The lowest BCUT2D eigenvalue weighted by atomic mass is 10.1. The van der Waals surface area contributed by atoms with Crippen molar-refractivity contribution in [1.29, 1.82) is 0 Å². The number of halogens is 1. The highest BCUT2D eigenvalue weighted by molar-refractivity contribution is 6.29. The largest absolute Gasteiger partial charge is 0.310 e. The molecule has 0 fully saturated rings. The monoisotopic (exact) mass is 275 g/mol. The molecule has 19 heavy (non-hydrogen) atoms. The molecule has 0 saturated heterocycles. The first kappa shape index (κ1) is 13.5. The molecule has 0 saturated carbocycles. The molecule has 2 rings (SSSR count). The van der Waals surface area contributed by atoms with Gasteiger partial charge in [-0.15, -0.1) is 0 Å². The zero-order chi connectivity index (χ0) is 13.8. The van der Waals surface area contributed by atoms with E-state index in [1.165, 1.54) is 22.9 Å². The lowest BCUT2D eigenvalue weighted by Crippen LogP contribution is -2.27. The van der Waals surface area contributed by atoms with Crippen molar-refractivity contribution in [3.63, 3.8) is 0 Å². The molecule has 0 aliphatic heterocycles. The average Bonchev–Trinajstić information content (AvgIpc) is 2.46. The normalized spacial score (nSPS) is 10.3. The van der Waals surface area contributed by atoms with E-state index >= 15 is 0 Å². The molecular formula is C14H14ClN3O. The number of carbonyl (C=O) groups is 1. The molecule has 2 aromatic rings. The van der Waals surface area contributed by atoms with E-state index in [9.17, 15) is 4.79 Å². The maximum Gasteiger partial charge on any atom is 0.278 e. The minimum atomic E-state index is -0.214. The third-order valence-electron chi connectivity index (χ3n) is 2.88. The van der Waals surface area contributed by atoms with Crippen LogP contribution in [0.5, 0.6) is 0 Å². The summed E-state index contributed by atoms with van der Waals surface area (Å²) in [4.78, 5) is 21.6. The molecule has 0 radical (unpaired) electrons. The Labute approximate surface area is 117 Å². The number of anilines is 1. The Kier molecular flexibility index (Phi) is 4.12. The Morgan fingerprint density at radius 1 is 1.21 bits per heavy atom. The van der Waals surface area contributed by atoms with Gasteiger partial charge in [0.1, 0.15) is 10.8 Å². The molecule has 1 aromatic heterocycles. The molecule has 4 nitrogen and oxygen atoms in total. The Balaban J connectivity index is 2.20. The summed E-state index contributed by atoms with van der Waals surface area (Å²) < 4.78 is 0. The van der Waals surface area contributed by atoms with Crippen molar-refractivity contribution >= 4 is 23.2 Å². The van der Waals surface area contributed by atoms with Crippen LogP contribution in [-0.4, -0.2) is 22.9 Å². The van der Waals surface area contributed by atoms with Gasteiger partial charge in [-0.3, -0.25) is 4.79 Å². The molecule has 0 N–H and O–H groups in total. The van der Waals surface area contributed by atoms with Crippen molar-refractivity contribution in [3.05, 3.63) is 53.1 Å². The summed E-state index contributed by atoms with van der Waals surface area (Å²) in [5, 5.41) is 0.270. The number of rotatable bonds is 3. The van der Waals surface area contributed by atoms with E-state index in [4.69, 9.17) is 11.6 Å². The molecule has 98 valence electrons. The van der Waals surface area contributed by atoms with Gasteiger partial charge in [0.25, 0.3) is 5.91 Å². The Hall–Kier alpha value is -1.94. The van der Waals surface area contributed by atoms with Crippen LogP contribution in [0.1, 0.15) is 23.0 Å². The van der Waals surface area contributed by atoms with Gasteiger partial charge in [0, 0.05) is 12.7 Å². The maximum absolute atomic E-state index is 12.2. The predicted octanol–water partition coefficient (Wildman–Crippen LogP) is 2.97. The molecular weight excluding hydrogens is 262 g/mol. The van der Waals surface area contributed by atoms with Crippen LogP contribution in [0.3, 0.4) is 0 Å². The van der Waals surface area contributed by atoms with Gasteiger partial charge in [-0.05, 0) is 24.1 Å². The number of amides is 1. The van der Waals surface area contributed by atoms with Crippen LogP contribution in [0.2, 0.25) is 5.15 Å². The number of carbonyl (C=O) groups excluding carboxylic acids is 1. The Bertz CT molecular complexity index is 566. The van der Waals surface area contributed by atoms with E-state index in [-0.39, 0.29) is 16.8 Å². The summed E-state index contributed by atoms with van der Waals surface area (Å²) in [5.74, 6) is -0.214. The van der Waals surface area contributed by atoms with Gasteiger partial charge in [-0.25, -0.2) is 9.97 Å². The van der Waals surface area contributed by atoms with E-state index in [0.29, 0.717) is 0 Å². The molecule has 0 aliphatic rings. The summed E-state index contributed by atoms with van der Waals surface area (Å²) >= 11 is 5.65. The lowest BCUT2D eigenvalue weighted by Gasteiger charge is -2.17. The molecule has 1 heterocycles. The van der Waals surface area contributed by atoms with E-state index in [2.05, 4.69) is 16.9 Å². The van der Waals surface area contributed by atoms with Crippen molar-refractivity contribution in [2.75, 3.05) is 11.9 Å². The van der Waals surface area contributed by atoms with Crippen molar-refractivity contribution < 1.29 is 4.79 Å². The number of hydrogen-bond acceptors (Lipinski definition) is 3. The standard InChI is InChI=1S/C14H14ClN3O/c1-3-10-4-6-11(7-5-10)18(2)14(19)12-8-17-13(15)9-16-12/h4-9H,3H2,1-2H3. The topological polar surface area (TPSA) is 46.1 Å². The number of aromatic nitrogens is 2. The van der Waals surface area contributed by atoms with E-state index < -0.39 is 0 Å². The third-order valence-corrected chi connectivity index (χ3v) is 3.07. The minimum absolute atomic E-state index is 0.214. The van der Waals surface area contributed by atoms with Gasteiger partial charge >= 0.3 is 0 Å². The summed E-state index contributed by atoms with van der Waals surface area (Å²) in [5.41, 5.74) is 2.32. The second-order valence-corrected chi connectivity index (χ2v) is 4.50. The van der Waals surface area contributed by atoms with E-state index in [1.807, 2.05) is 24.3 Å². The van der Waals surface area contributed by atoms with Crippen LogP contribution >= 0.6 is 11.6 Å². The highest BCUT2D eigenvalue weighted by atomic mass is 35.5. The fraction of sp³-hybridized carbons (Fsp3) is 0.214. The van der Waals surface area contributed by atoms with Crippen LogP contribution in [0.25, 0.3) is 0 Å². The van der Waals surface area contributed by atoms with Crippen molar-refractivity contribution in [2.24, 2.45) is 0 Å². The molecule has 0 bridgehead atoms. The number of hydrogen-bond donors (Lipinski definition) is 0. The number of benzene rings is 1. The fourth-order valence-electron chi connectivity index (χ4n) is 1.67. The molecule has 5 heteroatoms. The van der Waals surface area contributed by atoms with Crippen LogP contribution in [0.15, 0.2) is 36.7 Å². The number of nitrogens with zero attached hydrogens (tertiary/aromatic N) is 3. The Morgan fingerprint density at radius 3 is 2.42 bits per heavy atom. The average molecular weight is 276 g/mol. The molecule has 1 aromatic carbocycles. The lowest BCUT2D eigenvalue weighted by molar-refractivity contribution is 0.0988. The summed E-state index contributed by atoms with van der Waals surface area (Å²) in [6.07, 6.45) is 3.71. The SMILES string of the molecule is CCc1ccc(N(C)C(=O)c2cnc(Cl)cn2)cc1. The Morgan fingerprint density at radius 2 is 1.89 bits per heavy atom. The summed E-state index contributed by atoms with van der Waals surface area (Å²) in [6.45, 7) is 2.09. The first-order valence-electron chi connectivity index (χ1n) is 5.96. The van der Waals surface area contributed by atoms with Crippen LogP contribution in [0, 0.1) is 0 Å². The minimum Gasteiger partial charge on any atom is -0.310 e. The second kappa shape index (κ2) is 5.80. The van der Waals surface area contributed by atoms with Crippen molar-refractivity contribution in [2.45, 2.75) is 13.3 Å². The van der Waals surface area contributed by atoms with Gasteiger partial charge in [-0.2, -0.15) is 0 Å². The molecule has 0 aliphatic carbocycles. The number of aryl methyl sites for hydroxylation is 1. The van der Waals surface area contributed by atoms with E-state index in [1.54, 1.807) is 7.05 Å². The van der Waals surface area contributed by atoms with Crippen molar-refractivity contribution in [1.82, 2.24) is 9.97 Å². The first-order valence-corrected chi connectivity index (χ1v) is 6.34. The predicted molar refractivity (Wildman–Crippen MR) is 75.6 cm³/mol. The van der Waals surface area contributed by atoms with Crippen molar-refractivity contribution in [3.8, 4) is 0 Å². The van der Waals surface area contributed by atoms with Crippen LogP contribution < -0.4 is 4.90 Å². The van der Waals surface area contributed by atoms with Gasteiger partial charge in [0.2, 0.25) is 0 Å². The van der Waals surface area contributed by atoms with E-state index in [0.717, 1.165) is 12.1 Å². The third kappa shape index (κ3) is 3.09. The molecule has 0 unspecified atom stereocenters. The fourth-order valence-corrected chi connectivity index (χ4v) is 1.76. The zero-order valence-electron chi connectivity index (χ0n) is 10.8. The van der Waals surface area contributed by atoms with Crippen LogP contribution in [0.4, 0.5) is 5.69 Å². The first-order chi connectivity index (χ1) is 9.11. The quantitative estimate of drug-likeness (QED) is 0.865. The maximum atomic E-state index is 12.2. The van der Waals surface area contributed by atoms with Crippen LogP contribution in [-0.2, 0) is 6.42 Å².